The van der Waals surface area contributed by atoms with E-state index in [9.17, 15) is 4.79 Å². The molecule has 1 N–H and O–H groups in total. The smallest absolute Gasteiger partial charge is 0.293 e. The summed E-state index contributed by atoms with van der Waals surface area (Å²) in [6.07, 6.45) is 2.18. The van der Waals surface area contributed by atoms with Gasteiger partial charge in [0.05, 0.1) is 6.26 Å². The summed E-state index contributed by atoms with van der Waals surface area (Å²) < 4.78 is 6.63. The number of anilines is 1. The maximum Gasteiger partial charge on any atom is 0.293 e. The van der Waals surface area contributed by atoms with Gasteiger partial charge in [0, 0.05) is 6.42 Å². The number of carbonyl (C=O) groups is 1. The van der Waals surface area contributed by atoms with Gasteiger partial charge in [-0.2, -0.15) is 4.52 Å². The Kier molecular flexibility index (Phi) is 2.56. The van der Waals surface area contributed by atoms with Crippen molar-refractivity contribution in [3.05, 3.63) is 30.0 Å². The van der Waals surface area contributed by atoms with Gasteiger partial charge in [0.1, 0.15) is 0 Å². The first kappa shape index (κ1) is 10.9. The molecule has 7 nitrogen and oxygen atoms in total. The molecule has 0 saturated heterocycles. The lowest BCUT2D eigenvalue weighted by Gasteiger charge is -1.96. The fourth-order valence-electron chi connectivity index (χ4n) is 1.49. The summed E-state index contributed by atoms with van der Waals surface area (Å²) in [6, 6.07) is 3.25. The molecule has 3 aromatic rings. The molecule has 0 saturated carbocycles. The molecule has 0 aliphatic carbocycles. The van der Waals surface area contributed by atoms with Gasteiger partial charge in [-0.25, -0.2) is 0 Å². The summed E-state index contributed by atoms with van der Waals surface area (Å²) in [5, 5.41) is 15.3. The minimum Gasteiger partial charge on any atom is -0.459 e. The van der Waals surface area contributed by atoms with E-state index in [0.717, 1.165) is 12.2 Å². The van der Waals surface area contributed by atoms with Crippen LogP contribution in [0.25, 0.3) is 4.96 Å². The van der Waals surface area contributed by atoms with Crippen LogP contribution in [0.3, 0.4) is 0 Å². The lowest BCUT2D eigenvalue weighted by molar-refractivity contribution is 0.0996. The number of rotatable bonds is 3. The minimum absolute atomic E-state index is 0.247. The number of carbonyl (C=O) groups excluding carboxylic acids is 1. The zero-order valence-electron chi connectivity index (χ0n) is 9.45. The average Bonchev–Trinajstić information content (AvgIpc) is 3.04. The number of furan rings is 1. The molecule has 0 aliphatic heterocycles. The van der Waals surface area contributed by atoms with Crippen molar-refractivity contribution in [2.24, 2.45) is 0 Å². The van der Waals surface area contributed by atoms with Crippen LogP contribution in [-0.4, -0.2) is 25.7 Å². The summed E-state index contributed by atoms with van der Waals surface area (Å²) in [5.74, 6) is 0.680. The zero-order valence-corrected chi connectivity index (χ0v) is 10.3. The van der Waals surface area contributed by atoms with Crippen LogP contribution < -0.4 is 5.32 Å². The van der Waals surface area contributed by atoms with E-state index in [1.807, 2.05) is 6.92 Å². The van der Waals surface area contributed by atoms with Gasteiger partial charge in [0.2, 0.25) is 10.1 Å². The number of hydrogen-bond donors (Lipinski definition) is 1. The third-order valence-electron chi connectivity index (χ3n) is 2.34. The Balaban J connectivity index is 1.87. The Morgan fingerprint density at radius 3 is 3.17 bits per heavy atom. The van der Waals surface area contributed by atoms with E-state index in [2.05, 4.69) is 20.6 Å². The van der Waals surface area contributed by atoms with Crippen molar-refractivity contribution in [3.63, 3.8) is 0 Å². The fourth-order valence-corrected chi connectivity index (χ4v) is 2.25. The maximum absolute atomic E-state index is 11.7. The van der Waals surface area contributed by atoms with Crippen LogP contribution in [0.15, 0.2) is 22.8 Å². The number of aromatic nitrogens is 4. The number of aryl methyl sites for hydroxylation is 1. The van der Waals surface area contributed by atoms with Crippen LogP contribution >= 0.6 is 11.3 Å². The molecule has 18 heavy (non-hydrogen) atoms. The van der Waals surface area contributed by atoms with Crippen LogP contribution in [0.2, 0.25) is 0 Å². The third-order valence-corrected chi connectivity index (χ3v) is 3.15. The SMILES string of the molecule is CCc1nnc2sc(NC(=O)c3ccco3)nn12. The summed E-state index contributed by atoms with van der Waals surface area (Å²) in [5.41, 5.74) is 0. The van der Waals surface area contributed by atoms with Crippen molar-refractivity contribution in [1.29, 1.82) is 0 Å². The van der Waals surface area contributed by atoms with E-state index in [4.69, 9.17) is 4.42 Å². The molecule has 92 valence electrons. The highest BCUT2D eigenvalue weighted by atomic mass is 32.1. The van der Waals surface area contributed by atoms with E-state index < -0.39 is 0 Å². The van der Waals surface area contributed by atoms with Crippen molar-refractivity contribution in [3.8, 4) is 0 Å². The molecule has 3 rings (SSSR count). The quantitative estimate of drug-likeness (QED) is 0.775. The van der Waals surface area contributed by atoms with Crippen molar-refractivity contribution >= 4 is 27.3 Å². The molecule has 0 unspecified atom stereocenters. The molecule has 0 radical (unpaired) electrons. The number of fused-ring (bicyclic) bond motifs is 1. The van der Waals surface area contributed by atoms with Gasteiger partial charge in [-0.15, -0.1) is 15.3 Å². The summed E-state index contributed by atoms with van der Waals surface area (Å²) in [7, 11) is 0. The molecule has 8 heteroatoms. The number of hydrogen-bond acceptors (Lipinski definition) is 6. The Bertz CT molecular complexity index is 684. The highest BCUT2D eigenvalue weighted by Gasteiger charge is 2.14. The molecule has 0 aliphatic rings. The van der Waals surface area contributed by atoms with Gasteiger partial charge in [-0.05, 0) is 12.1 Å². The monoisotopic (exact) mass is 263 g/mol. The maximum atomic E-state index is 11.7. The van der Waals surface area contributed by atoms with Gasteiger partial charge in [-0.1, -0.05) is 18.3 Å². The van der Waals surface area contributed by atoms with Crippen LogP contribution in [0.1, 0.15) is 23.3 Å². The predicted molar refractivity (Wildman–Crippen MR) is 64.7 cm³/mol. The van der Waals surface area contributed by atoms with Crippen molar-refractivity contribution in [2.45, 2.75) is 13.3 Å². The molecule has 3 heterocycles. The van der Waals surface area contributed by atoms with Crippen LogP contribution in [0, 0.1) is 0 Å². The third kappa shape index (κ3) is 1.76. The van der Waals surface area contributed by atoms with Gasteiger partial charge in [-0.3, -0.25) is 10.1 Å². The fraction of sp³-hybridized carbons (Fsp3) is 0.200. The summed E-state index contributed by atoms with van der Waals surface area (Å²) in [6.45, 7) is 1.97. The Morgan fingerprint density at radius 1 is 1.56 bits per heavy atom. The highest BCUT2D eigenvalue weighted by molar-refractivity contribution is 7.20. The van der Waals surface area contributed by atoms with Crippen molar-refractivity contribution < 1.29 is 9.21 Å². The van der Waals surface area contributed by atoms with Gasteiger partial charge in [0.25, 0.3) is 5.91 Å². The molecule has 0 aromatic carbocycles. The largest absolute Gasteiger partial charge is 0.459 e. The number of nitrogens with zero attached hydrogens (tertiary/aromatic N) is 4. The second kappa shape index (κ2) is 4.22. The first-order valence-corrected chi connectivity index (χ1v) is 6.15. The summed E-state index contributed by atoms with van der Waals surface area (Å²) >= 11 is 1.26. The first-order chi connectivity index (χ1) is 8.78. The molecule has 0 spiro atoms. The molecule has 0 bridgehead atoms. The van der Waals surface area contributed by atoms with E-state index in [1.165, 1.54) is 17.6 Å². The molecule has 3 aromatic heterocycles. The van der Waals surface area contributed by atoms with Crippen LogP contribution in [0.4, 0.5) is 5.13 Å². The lowest BCUT2D eigenvalue weighted by atomic mass is 10.4. The van der Waals surface area contributed by atoms with E-state index in [0.29, 0.717) is 10.1 Å². The normalized spacial score (nSPS) is 10.9. The van der Waals surface area contributed by atoms with Gasteiger partial charge < -0.3 is 4.42 Å². The van der Waals surface area contributed by atoms with Crippen molar-refractivity contribution in [2.75, 3.05) is 5.32 Å². The lowest BCUT2D eigenvalue weighted by Crippen LogP contribution is -2.11. The topological polar surface area (TPSA) is 85.3 Å². The standard InChI is InChI=1S/C10H9N5O2S/c1-2-7-12-13-10-15(7)14-9(18-10)11-8(16)6-4-3-5-17-6/h3-5H,2H2,1H3,(H,11,14,16). The highest BCUT2D eigenvalue weighted by Crippen LogP contribution is 2.19. The van der Waals surface area contributed by atoms with E-state index in [-0.39, 0.29) is 11.7 Å². The van der Waals surface area contributed by atoms with Crippen LogP contribution in [-0.2, 0) is 6.42 Å². The second-order valence-corrected chi connectivity index (χ2v) is 4.46. The Morgan fingerprint density at radius 2 is 2.44 bits per heavy atom. The van der Waals surface area contributed by atoms with Crippen molar-refractivity contribution in [1.82, 2.24) is 19.8 Å². The first-order valence-electron chi connectivity index (χ1n) is 5.34. The molecule has 0 fully saturated rings. The van der Waals surface area contributed by atoms with E-state index in [1.54, 1.807) is 16.6 Å². The number of amides is 1. The number of nitrogens with one attached hydrogen (secondary N) is 1. The summed E-state index contributed by atoms with van der Waals surface area (Å²) in [4.78, 5) is 12.4. The molecular weight excluding hydrogens is 254 g/mol. The molecular formula is C10H9N5O2S. The Hall–Kier alpha value is -2.22. The van der Waals surface area contributed by atoms with Gasteiger partial charge in [0.15, 0.2) is 11.6 Å². The average molecular weight is 263 g/mol. The minimum atomic E-state index is -0.331. The second-order valence-electron chi connectivity index (χ2n) is 3.50. The molecule has 1 amide bonds. The zero-order chi connectivity index (χ0) is 12.5. The van der Waals surface area contributed by atoms with Crippen LogP contribution in [0.5, 0.6) is 0 Å². The van der Waals surface area contributed by atoms with Gasteiger partial charge >= 0.3 is 0 Å². The van der Waals surface area contributed by atoms with E-state index >= 15 is 0 Å². The predicted octanol–water partition coefficient (Wildman–Crippen LogP) is 1.59. The molecule has 0 atom stereocenters. The Labute approximate surface area is 105 Å².